The van der Waals surface area contributed by atoms with Gasteiger partial charge in [0.05, 0.1) is 11.3 Å². The molecular formula is C17H15ClF3NO2. The highest BCUT2D eigenvalue weighted by atomic mass is 35.5. The number of rotatable bonds is 4. The molecule has 1 N–H and O–H groups in total. The molecule has 24 heavy (non-hydrogen) atoms. The number of amides is 1. The Morgan fingerprint density at radius 1 is 1.21 bits per heavy atom. The van der Waals surface area contributed by atoms with Crippen molar-refractivity contribution in [2.75, 3.05) is 5.32 Å². The maximum absolute atomic E-state index is 12.9. The van der Waals surface area contributed by atoms with E-state index in [0.717, 1.165) is 11.6 Å². The molecule has 128 valence electrons. The summed E-state index contributed by atoms with van der Waals surface area (Å²) in [5, 5.41) is 2.81. The van der Waals surface area contributed by atoms with Crippen LogP contribution >= 0.6 is 11.6 Å². The molecule has 0 saturated carbocycles. The van der Waals surface area contributed by atoms with Crippen molar-refractivity contribution in [3.05, 3.63) is 58.6 Å². The number of hydrogen-bond donors (Lipinski definition) is 1. The number of ether oxygens (including phenoxy) is 1. The van der Waals surface area contributed by atoms with Gasteiger partial charge in [-0.3, -0.25) is 4.79 Å². The van der Waals surface area contributed by atoms with Gasteiger partial charge in [-0.05, 0) is 49.7 Å². The Bertz CT molecular complexity index is 747. The Kier molecular flexibility index (Phi) is 5.39. The molecular weight excluding hydrogens is 343 g/mol. The lowest BCUT2D eigenvalue weighted by Gasteiger charge is -2.17. The number of halogens is 4. The molecule has 7 heteroatoms. The summed E-state index contributed by atoms with van der Waals surface area (Å²) in [5.41, 5.74) is -0.449. The number of alkyl halides is 3. The topological polar surface area (TPSA) is 38.3 Å². The Morgan fingerprint density at radius 2 is 1.88 bits per heavy atom. The van der Waals surface area contributed by atoms with E-state index in [1.165, 1.54) is 25.1 Å². The molecule has 0 aliphatic rings. The Balaban J connectivity index is 2.11. The van der Waals surface area contributed by atoms with Gasteiger partial charge in [0.2, 0.25) is 0 Å². The lowest BCUT2D eigenvalue weighted by atomic mass is 10.1. The molecule has 1 amide bonds. The van der Waals surface area contributed by atoms with Crippen molar-refractivity contribution in [1.82, 2.24) is 0 Å². The van der Waals surface area contributed by atoms with Gasteiger partial charge in [0.25, 0.3) is 5.91 Å². The fourth-order valence-corrected chi connectivity index (χ4v) is 2.14. The first-order chi connectivity index (χ1) is 11.2. The summed E-state index contributed by atoms with van der Waals surface area (Å²) in [5.74, 6) is -0.275. The quantitative estimate of drug-likeness (QED) is 0.829. The van der Waals surface area contributed by atoms with E-state index in [2.05, 4.69) is 5.32 Å². The Morgan fingerprint density at radius 3 is 2.50 bits per heavy atom. The van der Waals surface area contributed by atoms with Crippen molar-refractivity contribution in [3.8, 4) is 5.75 Å². The zero-order valence-corrected chi connectivity index (χ0v) is 13.7. The zero-order valence-electron chi connectivity index (χ0n) is 12.9. The Hall–Kier alpha value is -2.21. The van der Waals surface area contributed by atoms with Crippen LogP contribution in [0.2, 0.25) is 5.02 Å². The maximum atomic E-state index is 12.9. The normalized spacial score (nSPS) is 12.6. The number of benzene rings is 2. The minimum absolute atomic E-state index is 0.308. The van der Waals surface area contributed by atoms with Crippen molar-refractivity contribution in [2.24, 2.45) is 0 Å². The average Bonchev–Trinajstić information content (AvgIpc) is 2.50. The third-order valence-electron chi connectivity index (χ3n) is 3.30. The van der Waals surface area contributed by atoms with Gasteiger partial charge >= 0.3 is 6.18 Å². The first-order valence-electron chi connectivity index (χ1n) is 7.08. The van der Waals surface area contributed by atoms with Gasteiger partial charge in [0.1, 0.15) is 5.75 Å². The second-order valence-electron chi connectivity index (χ2n) is 5.20. The van der Waals surface area contributed by atoms with Crippen LogP contribution < -0.4 is 10.1 Å². The van der Waals surface area contributed by atoms with Gasteiger partial charge in [0, 0.05) is 5.02 Å². The Labute approximate surface area is 142 Å². The van der Waals surface area contributed by atoms with Crippen LogP contribution in [0, 0.1) is 6.92 Å². The van der Waals surface area contributed by atoms with Gasteiger partial charge in [-0.2, -0.15) is 13.2 Å². The van der Waals surface area contributed by atoms with Crippen LogP contribution in [0.15, 0.2) is 42.5 Å². The van der Waals surface area contributed by atoms with Crippen molar-refractivity contribution in [2.45, 2.75) is 26.1 Å². The second-order valence-corrected chi connectivity index (χ2v) is 5.61. The van der Waals surface area contributed by atoms with E-state index in [1.807, 2.05) is 0 Å². The van der Waals surface area contributed by atoms with E-state index >= 15 is 0 Å². The molecule has 0 radical (unpaired) electrons. The average molecular weight is 358 g/mol. The van der Waals surface area contributed by atoms with Gasteiger partial charge in [-0.1, -0.05) is 23.7 Å². The number of carbonyl (C=O) groups excluding carboxylic acids is 1. The molecule has 0 fully saturated rings. The molecule has 0 aliphatic carbocycles. The fraction of sp³-hybridized carbons (Fsp3) is 0.235. The fourth-order valence-electron chi connectivity index (χ4n) is 2.02. The maximum Gasteiger partial charge on any atom is 0.418 e. The highest BCUT2D eigenvalue weighted by Gasteiger charge is 2.34. The van der Waals surface area contributed by atoms with Crippen molar-refractivity contribution in [1.29, 1.82) is 0 Å². The molecule has 0 heterocycles. The van der Waals surface area contributed by atoms with Gasteiger partial charge in [0.15, 0.2) is 6.10 Å². The summed E-state index contributed by atoms with van der Waals surface area (Å²) in [4.78, 5) is 12.1. The molecule has 0 aliphatic heterocycles. The molecule has 2 rings (SSSR count). The van der Waals surface area contributed by atoms with Crippen LogP contribution in [0.3, 0.4) is 0 Å². The predicted octanol–water partition coefficient (Wildman–Crippen LogP) is 5.07. The molecule has 1 unspecified atom stereocenters. The van der Waals surface area contributed by atoms with Crippen LogP contribution in [0.1, 0.15) is 18.1 Å². The number of aryl methyl sites for hydroxylation is 1. The molecule has 0 aromatic heterocycles. The minimum Gasteiger partial charge on any atom is -0.481 e. The van der Waals surface area contributed by atoms with E-state index in [4.69, 9.17) is 16.3 Å². The molecule has 1 atom stereocenters. The highest BCUT2D eigenvalue weighted by Crippen LogP contribution is 2.34. The van der Waals surface area contributed by atoms with Crippen molar-refractivity contribution in [3.63, 3.8) is 0 Å². The molecule has 3 nitrogen and oxygen atoms in total. The van der Waals surface area contributed by atoms with E-state index in [9.17, 15) is 18.0 Å². The zero-order chi connectivity index (χ0) is 17.9. The number of carbonyl (C=O) groups is 1. The third kappa shape index (κ3) is 4.41. The van der Waals surface area contributed by atoms with E-state index in [0.29, 0.717) is 10.8 Å². The van der Waals surface area contributed by atoms with E-state index in [-0.39, 0.29) is 5.69 Å². The SMILES string of the molecule is Cc1cc(OC(C)C(=O)Nc2ccccc2C(F)(F)F)ccc1Cl. The number of anilines is 1. The van der Waals surface area contributed by atoms with Crippen LogP contribution in [0.25, 0.3) is 0 Å². The smallest absolute Gasteiger partial charge is 0.418 e. The van der Waals surface area contributed by atoms with Crippen molar-refractivity contribution >= 4 is 23.2 Å². The lowest BCUT2D eigenvalue weighted by Crippen LogP contribution is -2.31. The van der Waals surface area contributed by atoms with Crippen molar-refractivity contribution < 1.29 is 22.7 Å². The molecule has 0 spiro atoms. The van der Waals surface area contributed by atoms with Crippen LogP contribution in [-0.4, -0.2) is 12.0 Å². The van der Waals surface area contributed by atoms with E-state index < -0.39 is 23.8 Å². The number of para-hydroxylation sites is 1. The third-order valence-corrected chi connectivity index (χ3v) is 3.73. The summed E-state index contributed by atoms with van der Waals surface area (Å²) in [7, 11) is 0. The number of nitrogens with one attached hydrogen (secondary N) is 1. The van der Waals surface area contributed by atoms with Crippen LogP contribution in [0.4, 0.5) is 18.9 Å². The first kappa shape index (κ1) is 18.1. The summed E-state index contributed by atoms with van der Waals surface area (Å²) < 4.78 is 44.3. The molecule has 0 saturated heterocycles. The predicted molar refractivity (Wildman–Crippen MR) is 86.4 cm³/mol. The highest BCUT2D eigenvalue weighted by molar-refractivity contribution is 6.31. The van der Waals surface area contributed by atoms with Crippen LogP contribution in [-0.2, 0) is 11.0 Å². The van der Waals surface area contributed by atoms with Gasteiger partial charge in [-0.15, -0.1) is 0 Å². The molecule has 2 aromatic carbocycles. The van der Waals surface area contributed by atoms with Gasteiger partial charge in [-0.25, -0.2) is 0 Å². The van der Waals surface area contributed by atoms with E-state index in [1.54, 1.807) is 25.1 Å². The van der Waals surface area contributed by atoms with Gasteiger partial charge < -0.3 is 10.1 Å². The first-order valence-corrected chi connectivity index (χ1v) is 7.46. The van der Waals surface area contributed by atoms with Crippen LogP contribution in [0.5, 0.6) is 5.75 Å². The summed E-state index contributed by atoms with van der Waals surface area (Å²) in [6, 6.07) is 9.63. The lowest BCUT2D eigenvalue weighted by molar-refractivity contribution is -0.137. The monoisotopic (exact) mass is 357 g/mol. The standard InChI is InChI=1S/C17H15ClF3NO2/c1-10-9-12(7-8-14(10)18)24-11(2)16(23)22-15-6-4-3-5-13(15)17(19,20)21/h3-9,11H,1-2H3,(H,22,23). The second kappa shape index (κ2) is 7.13. The summed E-state index contributed by atoms with van der Waals surface area (Å²) in [6.45, 7) is 3.23. The number of hydrogen-bond acceptors (Lipinski definition) is 2. The molecule has 2 aromatic rings. The largest absolute Gasteiger partial charge is 0.481 e. The molecule has 0 bridgehead atoms. The summed E-state index contributed by atoms with van der Waals surface area (Å²) >= 11 is 5.91. The minimum atomic E-state index is -4.55. The summed E-state index contributed by atoms with van der Waals surface area (Å²) in [6.07, 6.45) is -5.53.